The largest absolute Gasteiger partial charge is 0.473 e. The molecule has 0 heterocycles. The highest BCUT2D eigenvalue weighted by Gasteiger charge is 2.10. The number of hydrogen-bond donors (Lipinski definition) is 1. The maximum Gasteiger partial charge on any atom is 0.428 e. The van der Waals surface area contributed by atoms with E-state index in [0.29, 0.717) is 0 Å². The summed E-state index contributed by atoms with van der Waals surface area (Å²) in [6, 6.07) is 0. The second-order valence-electron chi connectivity index (χ2n) is 0.855. The van der Waals surface area contributed by atoms with Gasteiger partial charge in [-0.3, -0.25) is 0 Å². The molecule has 0 rings (SSSR count). The lowest BCUT2D eigenvalue weighted by Gasteiger charge is -1.84. The summed E-state index contributed by atoms with van der Waals surface area (Å²) < 4.78 is 0. The highest BCUT2D eigenvalue weighted by molar-refractivity contribution is 6.28. The lowest BCUT2D eigenvalue weighted by molar-refractivity contribution is -0.164. The Morgan fingerprint density at radius 1 is 1.67 bits per heavy atom. The van der Waals surface area contributed by atoms with Crippen LogP contribution in [0.2, 0.25) is 0 Å². The van der Waals surface area contributed by atoms with E-state index in [4.69, 9.17) is 10.6 Å². The van der Waals surface area contributed by atoms with Gasteiger partial charge in [-0.05, 0) is 5.53 Å². The van der Waals surface area contributed by atoms with Gasteiger partial charge in [0.25, 0.3) is 0 Å². The molecule has 0 unspecified atom stereocenters. The van der Waals surface area contributed by atoms with Crippen molar-refractivity contribution in [2.45, 2.75) is 0 Å². The summed E-state index contributed by atoms with van der Waals surface area (Å²) in [5, 5.41) is 9.99. The first-order chi connectivity index (χ1) is 4.18. The van der Waals surface area contributed by atoms with Gasteiger partial charge in [0, 0.05) is 4.91 Å². The molecule has 0 aromatic heterocycles. The van der Waals surface area contributed by atoms with E-state index in [1.54, 1.807) is 0 Å². The van der Waals surface area contributed by atoms with Crippen LogP contribution in [0.25, 0.3) is 10.4 Å². The van der Waals surface area contributed by atoms with Crippen molar-refractivity contribution in [1.82, 2.24) is 0 Å². The first-order valence-corrected chi connectivity index (χ1v) is 1.67. The Balaban J connectivity index is 3.78. The van der Waals surface area contributed by atoms with Crippen molar-refractivity contribution < 1.29 is 19.5 Å². The Morgan fingerprint density at radius 2 is 2.22 bits per heavy atom. The number of carboxylic acids is 1. The fourth-order valence-electron chi connectivity index (χ4n) is 0.0944. The summed E-state index contributed by atoms with van der Waals surface area (Å²) in [5.74, 6) is -3.41. The minimum absolute atomic E-state index is 1.60. The van der Waals surface area contributed by atoms with Crippen LogP contribution in [0, 0.1) is 0 Å². The van der Waals surface area contributed by atoms with Crippen molar-refractivity contribution in [3.63, 3.8) is 0 Å². The predicted octanol–water partition coefficient (Wildman–Crippen LogP) is -0.161. The molecule has 0 spiro atoms. The maximum absolute atomic E-state index is 9.82. The van der Waals surface area contributed by atoms with Crippen LogP contribution in [0.15, 0.2) is 5.28 Å². The predicted molar refractivity (Wildman–Crippen MR) is 22.9 cm³/mol. The Kier molecular flexibility index (Phi) is 2.64. The van der Waals surface area contributed by atoms with Gasteiger partial charge in [-0.25, -0.2) is 9.59 Å². The average molecular weight is 131 g/mol. The number of nitrogens with zero attached hydrogens (tertiary/aromatic N) is 3. The third-order valence-electron chi connectivity index (χ3n) is 0.335. The first kappa shape index (κ1) is 7.25. The van der Waals surface area contributed by atoms with E-state index in [-0.39, 0.29) is 0 Å². The summed E-state index contributed by atoms with van der Waals surface area (Å²) in [4.78, 5) is 24.8. The van der Waals surface area contributed by atoms with Crippen molar-refractivity contribution in [1.29, 1.82) is 0 Å². The van der Waals surface area contributed by atoms with Crippen LogP contribution in [0.3, 0.4) is 0 Å². The topological polar surface area (TPSA) is 112 Å². The summed E-state index contributed by atoms with van der Waals surface area (Å²) >= 11 is 0. The highest BCUT2D eigenvalue weighted by atomic mass is 16.7. The number of carbonyl (C=O) groups is 2. The second-order valence-corrected chi connectivity index (χ2v) is 0.855. The summed E-state index contributed by atoms with van der Waals surface area (Å²) in [7, 11) is 0. The van der Waals surface area contributed by atoms with Gasteiger partial charge >= 0.3 is 11.9 Å². The first-order valence-electron chi connectivity index (χ1n) is 1.67. The Bertz CT molecular complexity index is 180. The molecule has 0 saturated heterocycles. The van der Waals surface area contributed by atoms with Crippen LogP contribution in [0.1, 0.15) is 0 Å². The fraction of sp³-hybridized carbons (Fsp3) is 0. The third-order valence-corrected chi connectivity index (χ3v) is 0.335. The molecule has 0 atom stereocenters. The molecule has 0 radical (unpaired) electrons. The fourth-order valence-corrected chi connectivity index (χ4v) is 0.0944. The van der Waals surface area contributed by atoms with E-state index in [0.717, 1.165) is 0 Å². The van der Waals surface area contributed by atoms with Gasteiger partial charge in [-0.1, -0.05) is 0 Å². The number of aliphatic carboxylic acids is 1. The van der Waals surface area contributed by atoms with Crippen molar-refractivity contribution in [3.8, 4) is 0 Å². The van der Waals surface area contributed by atoms with Gasteiger partial charge in [0.05, 0.1) is 0 Å². The molecule has 0 aliphatic rings. The van der Waals surface area contributed by atoms with E-state index < -0.39 is 11.9 Å². The number of hydrogen-bond acceptors (Lipinski definition) is 4. The van der Waals surface area contributed by atoms with Gasteiger partial charge in [0.2, 0.25) is 0 Å². The SMILES string of the molecule is [N-]=[N+]=NOC(=O)C(=O)O. The molecule has 0 aliphatic carbocycles. The van der Waals surface area contributed by atoms with E-state index in [1.807, 2.05) is 4.91 Å². The Hall–Kier alpha value is -1.75. The van der Waals surface area contributed by atoms with Gasteiger partial charge in [0.1, 0.15) is 5.28 Å². The van der Waals surface area contributed by atoms with Crippen LogP contribution in [0.4, 0.5) is 0 Å². The Labute approximate surface area is 48.4 Å². The summed E-state index contributed by atoms with van der Waals surface area (Å²) in [6.45, 7) is 0. The third kappa shape index (κ3) is 2.89. The second kappa shape index (κ2) is 3.28. The van der Waals surface area contributed by atoms with Gasteiger partial charge < -0.3 is 9.94 Å². The Morgan fingerprint density at radius 3 is 2.56 bits per heavy atom. The van der Waals surface area contributed by atoms with Gasteiger partial charge in [-0.2, -0.15) is 0 Å². The smallest absolute Gasteiger partial charge is 0.428 e. The molecular weight excluding hydrogens is 130 g/mol. The lowest BCUT2D eigenvalue weighted by Crippen LogP contribution is -2.12. The molecule has 0 fully saturated rings. The molecule has 7 heteroatoms. The van der Waals surface area contributed by atoms with Gasteiger partial charge in [0.15, 0.2) is 0 Å². The maximum atomic E-state index is 9.82. The minimum atomic E-state index is -1.80. The van der Waals surface area contributed by atoms with Crippen molar-refractivity contribution in [3.05, 3.63) is 10.4 Å². The number of rotatable bonds is 1. The molecule has 0 bridgehead atoms. The van der Waals surface area contributed by atoms with E-state index >= 15 is 0 Å². The molecule has 0 aromatic carbocycles. The number of carbonyl (C=O) groups excluding carboxylic acids is 1. The standard InChI is InChI=1S/C2HN3O4/c3-4-5-9-2(8)1(6)7/h(H,6,7). The molecule has 48 valence electrons. The van der Waals surface area contributed by atoms with Crippen LogP contribution in [0.5, 0.6) is 0 Å². The molecule has 0 saturated carbocycles. The van der Waals surface area contributed by atoms with Crippen molar-refractivity contribution >= 4 is 11.9 Å². The minimum Gasteiger partial charge on any atom is -0.473 e. The number of carboxylic acid groups (broad SMARTS) is 1. The lowest BCUT2D eigenvalue weighted by atomic mass is 10.7. The molecular formula is C2HN3O4. The molecule has 0 aliphatic heterocycles. The molecule has 0 amide bonds. The quantitative estimate of drug-likeness (QED) is 0.175. The van der Waals surface area contributed by atoms with Crippen LogP contribution < -0.4 is 0 Å². The molecule has 0 aromatic rings. The van der Waals surface area contributed by atoms with Crippen molar-refractivity contribution in [2.24, 2.45) is 5.28 Å². The van der Waals surface area contributed by atoms with E-state index in [1.165, 1.54) is 0 Å². The zero-order valence-electron chi connectivity index (χ0n) is 4.01. The zero-order valence-corrected chi connectivity index (χ0v) is 4.01. The van der Waals surface area contributed by atoms with E-state index in [2.05, 4.69) is 10.1 Å². The monoisotopic (exact) mass is 131 g/mol. The van der Waals surface area contributed by atoms with Crippen molar-refractivity contribution in [2.75, 3.05) is 0 Å². The van der Waals surface area contributed by atoms with Gasteiger partial charge in [-0.15, -0.1) is 0 Å². The normalized spacial score (nSPS) is 7.11. The van der Waals surface area contributed by atoms with Crippen LogP contribution in [-0.2, 0) is 14.4 Å². The van der Waals surface area contributed by atoms with Crippen LogP contribution >= 0.6 is 0 Å². The average Bonchev–Trinajstić information content (AvgIpc) is 1.82. The molecule has 7 nitrogen and oxygen atoms in total. The molecule has 9 heavy (non-hydrogen) atoms. The van der Waals surface area contributed by atoms with E-state index in [9.17, 15) is 9.59 Å². The summed E-state index contributed by atoms with van der Waals surface area (Å²) in [6.07, 6.45) is 0. The zero-order chi connectivity index (χ0) is 7.28. The highest BCUT2D eigenvalue weighted by Crippen LogP contribution is 1.78. The number of azide groups is 1. The molecule has 1 N–H and O–H groups in total. The van der Waals surface area contributed by atoms with Crippen LogP contribution in [-0.4, -0.2) is 17.0 Å². The summed E-state index contributed by atoms with van der Waals surface area (Å²) in [5.41, 5.74) is 7.49.